The van der Waals surface area contributed by atoms with Crippen molar-refractivity contribution < 1.29 is 0 Å². The van der Waals surface area contributed by atoms with Crippen molar-refractivity contribution in [3.05, 3.63) is 36.4 Å². The molecule has 0 unspecified atom stereocenters. The van der Waals surface area contributed by atoms with Crippen LogP contribution in [0, 0.1) is 0 Å². The van der Waals surface area contributed by atoms with Gasteiger partial charge in [-0.3, -0.25) is 0 Å². The maximum atomic E-state index is 3.88. The summed E-state index contributed by atoms with van der Waals surface area (Å²) in [5.41, 5.74) is 1.24. The van der Waals surface area contributed by atoms with Crippen molar-refractivity contribution in [3.8, 4) is 0 Å². The van der Waals surface area contributed by atoms with Crippen LogP contribution in [0.25, 0.3) is 6.08 Å². The van der Waals surface area contributed by atoms with Gasteiger partial charge >= 0.3 is 0 Å². The fourth-order valence-corrected chi connectivity index (χ4v) is 72.1. The molecule has 0 saturated heterocycles. The Hall–Kier alpha value is -0.172. The quantitative estimate of drug-likeness (QED) is 0.637. The predicted octanol–water partition coefficient (Wildman–Crippen LogP) is 5.24. The van der Waals surface area contributed by atoms with Gasteiger partial charge in [-0.15, -0.1) is 0 Å². The fourth-order valence-electron chi connectivity index (χ4n) is 3.12. The van der Waals surface area contributed by atoms with Crippen LogP contribution in [0.5, 0.6) is 0 Å². The normalized spacial score (nSPS) is 14.1. The lowest BCUT2D eigenvalue weighted by atomic mass is 10.2. The van der Waals surface area contributed by atoms with E-state index in [2.05, 4.69) is 89.8 Å². The van der Waals surface area contributed by atoms with Crippen molar-refractivity contribution in [2.75, 3.05) is 0 Å². The van der Waals surface area contributed by atoms with E-state index >= 15 is 0 Å². The van der Waals surface area contributed by atoms with Crippen LogP contribution in [0.3, 0.4) is 0 Å². The van der Waals surface area contributed by atoms with E-state index in [9.17, 15) is 0 Å². The van der Waals surface area contributed by atoms with Gasteiger partial charge in [0.25, 0.3) is 0 Å². The average molecular weight is 351 g/mol. The highest BCUT2D eigenvalue weighted by molar-refractivity contribution is 7.84. The third-order valence-electron chi connectivity index (χ3n) is 6.87. The van der Waals surface area contributed by atoms with Crippen LogP contribution in [0.15, 0.2) is 30.8 Å². The summed E-state index contributed by atoms with van der Waals surface area (Å²) in [5.74, 6) is 0. The van der Waals surface area contributed by atoms with E-state index in [1.165, 1.54) is 5.56 Å². The first kappa shape index (κ1) is 18.9. The minimum atomic E-state index is -1.39. The van der Waals surface area contributed by atoms with Crippen LogP contribution in [0.1, 0.15) is 5.56 Å². The maximum absolute atomic E-state index is 3.88. The summed E-state index contributed by atoms with van der Waals surface area (Å²) in [7, 11) is -4.85. The molecule has 0 aliphatic heterocycles. The first-order valence-electron chi connectivity index (χ1n) is 8.02. The molecule has 0 N–H and O–H groups in total. The summed E-state index contributed by atoms with van der Waals surface area (Å²) in [6.07, 6.45) is 1.95. The van der Waals surface area contributed by atoms with Gasteiger partial charge in [-0.2, -0.15) is 0 Å². The molecule has 0 amide bonds. The second kappa shape index (κ2) is 5.79. The lowest BCUT2D eigenvalue weighted by molar-refractivity contribution is 1.66. The molecule has 21 heavy (non-hydrogen) atoms. The van der Waals surface area contributed by atoms with Gasteiger partial charge in [0, 0.05) is 21.8 Å². The van der Waals surface area contributed by atoms with Crippen LogP contribution >= 0.6 is 0 Å². The van der Waals surface area contributed by atoms with Crippen molar-refractivity contribution in [1.82, 2.24) is 0 Å². The summed E-state index contributed by atoms with van der Waals surface area (Å²) >= 11 is 0. The first-order chi connectivity index (χ1) is 9.29. The van der Waals surface area contributed by atoms with Crippen LogP contribution in [-0.4, -0.2) is 29.4 Å². The Bertz CT molecular complexity index is 505. The van der Waals surface area contributed by atoms with Crippen molar-refractivity contribution >= 4 is 40.7 Å². The highest BCUT2D eigenvalue weighted by atomic mass is 29.8. The molecule has 0 atom stereocenters. The molecule has 0 bridgehead atoms. The van der Waals surface area contributed by atoms with Gasteiger partial charge < -0.3 is 0 Å². The molecule has 0 aliphatic rings. The van der Waals surface area contributed by atoms with Crippen molar-refractivity contribution in [1.29, 1.82) is 0 Å². The number of rotatable bonds is 5. The second-order valence-corrected chi connectivity index (χ2v) is 50.0. The van der Waals surface area contributed by atoms with Crippen molar-refractivity contribution in [2.45, 2.75) is 58.9 Å². The van der Waals surface area contributed by atoms with Gasteiger partial charge in [0.05, 0.1) is 7.59 Å². The summed E-state index contributed by atoms with van der Waals surface area (Å²) < 4.78 is 0. The number of hydrogen-bond acceptors (Lipinski definition) is 0. The van der Waals surface area contributed by atoms with E-state index in [4.69, 9.17) is 0 Å². The Morgan fingerprint density at radius 1 is 0.714 bits per heavy atom. The van der Waals surface area contributed by atoms with Gasteiger partial charge in [0.1, 0.15) is 0 Å². The third-order valence-corrected chi connectivity index (χ3v) is 75.4. The molecule has 0 radical (unpaired) electrons. The van der Waals surface area contributed by atoms with Crippen LogP contribution in [-0.2, 0) is 0 Å². The van der Waals surface area contributed by atoms with Crippen LogP contribution in [0.2, 0.25) is 58.9 Å². The van der Waals surface area contributed by atoms with Gasteiger partial charge in [-0.25, -0.2) is 0 Å². The van der Waals surface area contributed by atoms with Crippen LogP contribution in [0.4, 0.5) is 0 Å². The lowest BCUT2D eigenvalue weighted by Gasteiger charge is -2.54. The van der Waals surface area contributed by atoms with Crippen LogP contribution < -0.4 is 5.19 Å². The molecule has 0 saturated carbocycles. The molecule has 0 aliphatic carbocycles. The Morgan fingerprint density at radius 3 is 1.48 bits per heavy atom. The highest BCUT2D eigenvalue weighted by Gasteiger charge is 2.57. The standard InChI is InChI=1S/C17H34Si4/c1-11-16-12-14-17(15-13-16)19(5,6)21(9,10)20(7,8)18(2,3)4/h11-15H,1H2,2-10H3. The Kier molecular flexibility index (Phi) is 5.21. The first-order valence-corrected chi connectivity index (χ1v) is 23.5. The summed E-state index contributed by atoms with van der Waals surface area (Å²) in [5, 5.41) is 1.66. The molecule has 0 nitrogen and oxygen atoms in total. The third kappa shape index (κ3) is 3.14. The fraction of sp³-hybridized carbons (Fsp3) is 0.529. The largest absolute Gasteiger partial charge is 0.0985 e. The zero-order valence-corrected chi connectivity index (χ0v) is 19.6. The molecule has 118 valence electrons. The minimum absolute atomic E-state index is 1.06. The minimum Gasteiger partial charge on any atom is -0.0985 e. The van der Waals surface area contributed by atoms with E-state index in [0.717, 1.165) is 0 Å². The van der Waals surface area contributed by atoms with Crippen molar-refractivity contribution in [2.24, 2.45) is 0 Å². The maximum Gasteiger partial charge on any atom is 0.0711 e. The van der Waals surface area contributed by atoms with Crippen molar-refractivity contribution in [3.63, 3.8) is 0 Å². The molecule has 4 heteroatoms. The molecule has 0 aromatic heterocycles. The molecular weight excluding hydrogens is 317 g/mol. The zero-order chi connectivity index (χ0) is 16.7. The molecule has 0 spiro atoms. The predicted molar refractivity (Wildman–Crippen MR) is 112 cm³/mol. The molecule has 1 aromatic rings. The van der Waals surface area contributed by atoms with Gasteiger partial charge in [-0.1, -0.05) is 101 Å². The topological polar surface area (TPSA) is 0 Å². The van der Waals surface area contributed by atoms with Gasteiger partial charge in [0.15, 0.2) is 0 Å². The Morgan fingerprint density at radius 2 is 1.14 bits per heavy atom. The lowest BCUT2D eigenvalue weighted by Crippen LogP contribution is -2.81. The summed E-state index contributed by atoms with van der Waals surface area (Å²) in [6, 6.07) is 9.30. The monoisotopic (exact) mass is 350 g/mol. The summed E-state index contributed by atoms with van der Waals surface area (Å²) in [6.45, 7) is 27.8. The van der Waals surface area contributed by atoms with E-state index in [-0.39, 0.29) is 0 Å². The average Bonchev–Trinajstić information content (AvgIpc) is 2.37. The molecular formula is C17H34Si4. The van der Waals surface area contributed by atoms with E-state index in [0.29, 0.717) is 0 Å². The molecule has 0 heterocycles. The van der Waals surface area contributed by atoms with E-state index in [1.807, 2.05) is 6.08 Å². The second-order valence-electron chi connectivity index (χ2n) is 8.95. The smallest absolute Gasteiger partial charge is 0.0711 e. The molecule has 1 aromatic carbocycles. The van der Waals surface area contributed by atoms with E-state index in [1.54, 1.807) is 5.19 Å². The molecule has 1 rings (SSSR count). The highest BCUT2D eigenvalue weighted by Crippen LogP contribution is 2.34. The summed E-state index contributed by atoms with van der Waals surface area (Å²) in [4.78, 5) is 0. The van der Waals surface area contributed by atoms with E-state index < -0.39 is 29.4 Å². The zero-order valence-electron chi connectivity index (χ0n) is 15.6. The number of hydrogen-bond donors (Lipinski definition) is 0. The Labute approximate surface area is 136 Å². The SMILES string of the molecule is C=Cc1ccc([Si](C)(C)[Si](C)(C)[Si](C)(C)[Si](C)(C)C)cc1. The Balaban J connectivity index is 3.35. The van der Waals surface area contributed by atoms with Gasteiger partial charge in [0.2, 0.25) is 0 Å². The molecule has 0 fully saturated rings. The van der Waals surface area contributed by atoms with Gasteiger partial charge in [-0.05, 0) is 5.56 Å². The number of benzene rings is 1.